The minimum Gasteiger partial charge on any atom is -0.481 e. The number of carboxylic acids is 1. The first-order valence-electron chi connectivity index (χ1n) is 8.05. The molecule has 2 rings (SSSR count). The van der Waals surface area contributed by atoms with Crippen LogP contribution in [0.1, 0.15) is 23.1 Å². The lowest BCUT2D eigenvalue weighted by atomic mass is 9.93. The zero-order valence-electron chi connectivity index (χ0n) is 14.1. The van der Waals surface area contributed by atoms with E-state index in [1.807, 2.05) is 0 Å². The van der Waals surface area contributed by atoms with Crippen LogP contribution in [0.2, 0.25) is 0 Å². The molecule has 9 heteroatoms. The molecule has 0 radical (unpaired) electrons. The Labute approximate surface area is 158 Å². The molecule has 0 amide bonds. The van der Waals surface area contributed by atoms with Crippen LogP contribution in [0, 0.1) is 11.7 Å². The van der Waals surface area contributed by atoms with E-state index in [0.29, 0.717) is 17.4 Å². The Morgan fingerprint density at radius 2 is 1.96 bits per heavy atom. The van der Waals surface area contributed by atoms with Crippen LogP contribution in [0.25, 0.3) is 0 Å². The molecule has 146 valence electrons. The first-order valence-corrected chi connectivity index (χ1v) is 8.56. The SMILES string of the molecule is Nc1ccc(CC(C(=O)O)C(S)CCc2ccc(C(F)(F)F)cc2F)cn1. The lowest BCUT2D eigenvalue weighted by Gasteiger charge is -2.20. The first kappa shape index (κ1) is 21.0. The van der Waals surface area contributed by atoms with Crippen molar-refractivity contribution in [3.8, 4) is 0 Å². The van der Waals surface area contributed by atoms with Crippen LogP contribution in [-0.2, 0) is 23.8 Å². The molecule has 1 aromatic heterocycles. The van der Waals surface area contributed by atoms with Crippen LogP contribution in [0.15, 0.2) is 36.5 Å². The number of carboxylic acid groups (broad SMARTS) is 1. The largest absolute Gasteiger partial charge is 0.481 e. The number of aromatic nitrogens is 1. The highest BCUT2D eigenvalue weighted by atomic mass is 32.1. The summed E-state index contributed by atoms with van der Waals surface area (Å²) in [6.45, 7) is 0. The third-order valence-corrected chi connectivity index (χ3v) is 4.79. The van der Waals surface area contributed by atoms with Gasteiger partial charge in [0.15, 0.2) is 0 Å². The van der Waals surface area contributed by atoms with Crippen LogP contribution in [0.5, 0.6) is 0 Å². The second-order valence-electron chi connectivity index (χ2n) is 6.15. The zero-order valence-corrected chi connectivity index (χ0v) is 15.0. The van der Waals surface area contributed by atoms with E-state index in [1.54, 1.807) is 12.1 Å². The average Bonchev–Trinajstić information content (AvgIpc) is 2.58. The molecule has 0 bridgehead atoms. The maximum Gasteiger partial charge on any atom is 0.416 e. The predicted molar refractivity (Wildman–Crippen MR) is 96.0 cm³/mol. The lowest BCUT2D eigenvalue weighted by molar-refractivity contribution is -0.141. The number of alkyl halides is 3. The molecule has 0 saturated heterocycles. The second-order valence-corrected chi connectivity index (χ2v) is 6.81. The number of aryl methyl sites for hydroxylation is 1. The van der Waals surface area contributed by atoms with Gasteiger partial charge in [0.1, 0.15) is 11.6 Å². The third kappa shape index (κ3) is 5.85. The predicted octanol–water partition coefficient (Wildman–Crippen LogP) is 4.00. The van der Waals surface area contributed by atoms with Gasteiger partial charge in [-0.2, -0.15) is 25.8 Å². The molecule has 0 spiro atoms. The molecule has 0 aliphatic rings. The fourth-order valence-electron chi connectivity index (χ4n) is 2.63. The molecule has 2 aromatic rings. The van der Waals surface area contributed by atoms with Crippen LogP contribution in [0.4, 0.5) is 23.4 Å². The van der Waals surface area contributed by atoms with E-state index in [4.69, 9.17) is 5.73 Å². The summed E-state index contributed by atoms with van der Waals surface area (Å²) in [6.07, 6.45) is -2.73. The van der Waals surface area contributed by atoms with Crippen LogP contribution in [0.3, 0.4) is 0 Å². The number of benzene rings is 1. The van der Waals surface area contributed by atoms with Gasteiger partial charge in [-0.15, -0.1) is 0 Å². The summed E-state index contributed by atoms with van der Waals surface area (Å²) in [5.74, 6) is -2.60. The van der Waals surface area contributed by atoms with Crippen molar-refractivity contribution in [2.45, 2.75) is 30.7 Å². The van der Waals surface area contributed by atoms with Crippen molar-refractivity contribution >= 4 is 24.4 Å². The molecule has 0 fully saturated rings. The summed E-state index contributed by atoms with van der Waals surface area (Å²) in [5, 5.41) is 8.82. The van der Waals surface area contributed by atoms with Gasteiger partial charge in [0.25, 0.3) is 0 Å². The van der Waals surface area contributed by atoms with Gasteiger partial charge in [0.05, 0.1) is 11.5 Å². The minimum absolute atomic E-state index is 0.0713. The fourth-order valence-corrected chi connectivity index (χ4v) is 2.99. The van der Waals surface area contributed by atoms with Crippen molar-refractivity contribution in [3.05, 3.63) is 59.0 Å². The van der Waals surface area contributed by atoms with Gasteiger partial charge >= 0.3 is 12.1 Å². The Kier molecular flexibility index (Phi) is 6.69. The number of nitrogens with zero attached hydrogens (tertiary/aromatic N) is 1. The van der Waals surface area contributed by atoms with Gasteiger partial charge in [-0.25, -0.2) is 9.37 Å². The standard InChI is InChI=1S/C18H18F4N2O2S/c19-14-8-12(18(20,21)22)4-2-11(14)3-5-15(27)13(17(25)26)7-10-1-6-16(23)24-9-10/h1-2,4,6,8-9,13,15,27H,3,5,7H2,(H2,23,24)(H,25,26). The zero-order chi connectivity index (χ0) is 20.2. The van der Waals surface area contributed by atoms with Crippen molar-refractivity contribution in [3.63, 3.8) is 0 Å². The van der Waals surface area contributed by atoms with Crippen LogP contribution in [-0.4, -0.2) is 21.3 Å². The number of rotatable bonds is 7. The molecule has 2 unspecified atom stereocenters. The van der Waals surface area contributed by atoms with E-state index in [2.05, 4.69) is 17.6 Å². The van der Waals surface area contributed by atoms with E-state index >= 15 is 0 Å². The highest BCUT2D eigenvalue weighted by Crippen LogP contribution is 2.31. The first-order chi connectivity index (χ1) is 12.6. The summed E-state index contributed by atoms with van der Waals surface area (Å²) in [4.78, 5) is 15.5. The third-order valence-electron chi connectivity index (χ3n) is 4.17. The number of anilines is 1. The van der Waals surface area contributed by atoms with Gasteiger partial charge in [-0.05, 0) is 48.6 Å². The van der Waals surface area contributed by atoms with E-state index in [9.17, 15) is 27.5 Å². The van der Waals surface area contributed by atoms with Gasteiger partial charge in [0.2, 0.25) is 0 Å². The summed E-state index contributed by atoms with van der Waals surface area (Å²) in [7, 11) is 0. The highest BCUT2D eigenvalue weighted by Gasteiger charge is 2.31. The maximum atomic E-state index is 13.9. The minimum atomic E-state index is -4.62. The van der Waals surface area contributed by atoms with Gasteiger partial charge < -0.3 is 10.8 Å². The number of carbonyl (C=O) groups is 1. The monoisotopic (exact) mass is 402 g/mol. The Morgan fingerprint density at radius 3 is 2.48 bits per heavy atom. The van der Waals surface area contributed by atoms with E-state index in [-0.39, 0.29) is 24.8 Å². The van der Waals surface area contributed by atoms with Crippen molar-refractivity contribution in [1.82, 2.24) is 4.98 Å². The molecule has 3 N–H and O–H groups in total. The van der Waals surface area contributed by atoms with E-state index in [1.165, 1.54) is 6.20 Å². The number of nitrogen functional groups attached to an aromatic ring is 1. The number of hydrogen-bond acceptors (Lipinski definition) is 4. The van der Waals surface area contributed by atoms with Crippen molar-refractivity contribution in [1.29, 1.82) is 0 Å². The summed E-state index contributed by atoms with van der Waals surface area (Å²) in [5.41, 5.74) is 5.17. The Morgan fingerprint density at radius 1 is 1.26 bits per heavy atom. The van der Waals surface area contributed by atoms with Crippen LogP contribution >= 0.6 is 12.6 Å². The molecule has 0 saturated carbocycles. The molecule has 4 nitrogen and oxygen atoms in total. The number of nitrogens with two attached hydrogens (primary N) is 1. The van der Waals surface area contributed by atoms with Gasteiger partial charge in [0, 0.05) is 11.4 Å². The molecular formula is C18H18F4N2O2S. The second kappa shape index (κ2) is 8.60. The number of hydrogen-bond donors (Lipinski definition) is 3. The summed E-state index contributed by atoms with van der Waals surface area (Å²) < 4.78 is 51.7. The van der Waals surface area contributed by atoms with Gasteiger partial charge in [-0.3, -0.25) is 4.79 Å². The number of aliphatic carboxylic acids is 1. The topological polar surface area (TPSA) is 76.2 Å². The number of halogens is 4. The maximum absolute atomic E-state index is 13.9. The molecule has 1 heterocycles. The Balaban J connectivity index is 2.04. The lowest BCUT2D eigenvalue weighted by Crippen LogP contribution is -2.27. The Hall–Kier alpha value is -2.29. The molecule has 27 heavy (non-hydrogen) atoms. The molecular weight excluding hydrogens is 384 g/mol. The average molecular weight is 402 g/mol. The highest BCUT2D eigenvalue weighted by molar-refractivity contribution is 7.81. The molecule has 0 aliphatic carbocycles. The molecule has 1 aromatic carbocycles. The number of pyridine rings is 1. The van der Waals surface area contributed by atoms with Crippen LogP contribution < -0.4 is 5.73 Å². The smallest absolute Gasteiger partial charge is 0.416 e. The Bertz CT molecular complexity index is 797. The molecule has 2 atom stereocenters. The van der Waals surface area contributed by atoms with Gasteiger partial charge in [-0.1, -0.05) is 12.1 Å². The fraction of sp³-hybridized carbons (Fsp3) is 0.333. The number of thiol groups is 1. The van der Waals surface area contributed by atoms with Crippen molar-refractivity contribution in [2.24, 2.45) is 5.92 Å². The normalized spacial score (nSPS) is 14.0. The quantitative estimate of drug-likeness (QED) is 0.483. The summed E-state index contributed by atoms with van der Waals surface area (Å²) in [6, 6.07) is 5.53. The van der Waals surface area contributed by atoms with E-state index in [0.717, 1.165) is 12.1 Å². The molecule has 0 aliphatic heterocycles. The van der Waals surface area contributed by atoms with Crippen molar-refractivity contribution < 1.29 is 27.5 Å². The summed E-state index contributed by atoms with van der Waals surface area (Å²) >= 11 is 4.32. The van der Waals surface area contributed by atoms with Crippen molar-refractivity contribution in [2.75, 3.05) is 5.73 Å². The van der Waals surface area contributed by atoms with E-state index < -0.39 is 34.7 Å².